The first-order valence-corrected chi connectivity index (χ1v) is 20.0. The maximum atomic E-state index is 6.69. The Labute approximate surface area is 330 Å². The molecular formula is C53H38N2O2. The molecule has 12 rings (SSSR count). The van der Waals surface area contributed by atoms with Crippen molar-refractivity contribution in [3.8, 4) is 22.3 Å². The second kappa shape index (κ2) is 12.8. The van der Waals surface area contributed by atoms with E-state index in [0.29, 0.717) is 0 Å². The highest BCUT2D eigenvalue weighted by molar-refractivity contribution is 6.20. The fraction of sp³-hybridized carbons (Fsp3) is 0.0943. The summed E-state index contributed by atoms with van der Waals surface area (Å²) in [5, 5.41) is 9.59. The molecule has 0 amide bonds. The predicted molar refractivity (Wildman–Crippen MR) is 237 cm³/mol. The number of hydrogen-bond donors (Lipinski definition) is 1. The van der Waals surface area contributed by atoms with Gasteiger partial charge in [-0.25, -0.2) is 0 Å². The van der Waals surface area contributed by atoms with Gasteiger partial charge in [-0.1, -0.05) is 121 Å². The molecule has 0 spiro atoms. The van der Waals surface area contributed by atoms with Crippen molar-refractivity contribution in [2.45, 2.75) is 31.8 Å². The van der Waals surface area contributed by atoms with Gasteiger partial charge in [0.25, 0.3) is 0 Å². The first kappa shape index (κ1) is 32.2. The zero-order chi connectivity index (χ0) is 37.5. The minimum Gasteiger partial charge on any atom is -0.460 e. The Morgan fingerprint density at radius 2 is 1.37 bits per heavy atom. The van der Waals surface area contributed by atoms with Crippen LogP contribution in [0.15, 0.2) is 178 Å². The van der Waals surface area contributed by atoms with Gasteiger partial charge in [0.2, 0.25) is 0 Å². The largest absolute Gasteiger partial charge is 0.460 e. The average Bonchev–Trinajstić information content (AvgIpc) is 3.98. The molecule has 2 aromatic heterocycles. The number of nitrogens with zero attached hydrogens (tertiary/aromatic N) is 1. The van der Waals surface area contributed by atoms with Gasteiger partial charge in [-0.05, 0) is 112 Å². The van der Waals surface area contributed by atoms with E-state index in [1.54, 1.807) is 0 Å². The molecule has 0 bridgehead atoms. The van der Waals surface area contributed by atoms with E-state index in [0.717, 1.165) is 86.7 Å². The van der Waals surface area contributed by atoms with Crippen LogP contribution in [-0.4, -0.2) is 6.17 Å². The van der Waals surface area contributed by atoms with Gasteiger partial charge >= 0.3 is 0 Å². The first-order valence-electron chi connectivity index (χ1n) is 20.0. The molecule has 1 N–H and O–H groups in total. The molecule has 7 aromatic carbocycles. The van der Waals surface area contributed by atoms with Crippen molar-refractivity contribution in [1.29, 1.82) is 0 Å². The highest BCUT2D eigenvalue weighted by Crippen LogP contribution is 2.47. The molecule has 3 aliphatic rings. The van der Waals surface area contributed by atoms with Gasteiger partial charge in [0.05, 0.1) is 16.8 Å². The lowest BCUT2D eigenvalue weighted by atomic mass is 9.91. The van der Waals surface area contributed by atoms with Crippen LogP contribution in [0.5, 0.6) is 0 Å². The molecule has 0 saturated heterocycles. The number of fused-ring (bicyclic) bond motifs is 9. The molecule has 4 heteroatoms. The minimum absolute atomic E-state index is 0.0442. The number of para-hydroxylation sites is 3. The number of furan rings is 2. The van der Waals surface area contributed by atoms with E-state index in [1.807, 2.05) is 6.07 Å². The molecule has 3 heterocycles. The molecule has 1 aliphatic heterocycles. The van der Waals surface area contributed by atoms with E-state index in [2.05, 4.69) is 174 Å². The van der Waals surface area contributed by atoms with Gasteiger partial charge in [0.1, 0.15) is 28.7 Å². The summed E-state index contributed by atoms with van der Waals surface area (Å²) in [6.07, 6.45) is 13.1. The molecule has 57 heavy (non-hydrogen) atoms. The lowest BCUT2D eigenvalue weighted by Crippen LogP contribution is -2.34. The molecule has 1 unspecified atom stereocenters. The smallest absolute Gasteiger partial charge is 0.147 e. The summed E-state index contributed by atoms with van der Waals surface area (Å²) in [5.74, 6) is 1.04. The fourth-order valence-corrected chi connectivity index (χ4v) is 9.41. The summed E-state index contributed by atoms with van der Waals surface area (Å²) < 4.78 is 13.2. The van der Waals surface area contributed by atoms with Crippen molar-refractivity contribution < 1.29 is 8.83 Å². The van der Waals surface area contributed by atoms with Gasteiger partial charge < -0.3 is 19.1 Å². The van der Waals surface area contributed by atoms with Crippen LogP contribution in [-0.2, 0) is 6.42 Å². The molecule has 9 aromatic rings. The lowest BCUT2D eigenvalue weighted by Gasteiger charge is -2.31. The highest BCUT2D eigenvalue weighted by atomic mass is 16.3. The summed E-state index contributed by atoms with van der Waals surface area (Å²) >= 11 is 0. The van der Waals surface area contributed by atoms with Crippen LogP contribution in [0.25, 0.3) is 77.6 Å². The molecule has 0 fully saturated rings. The Kier molecular flexibility index (Phi) is 7.21. The van der Waals surface area contributed by atoms with Crippen molar-refractivity contribution in [2.75, 3.05) is 10.2 Å². The van der Waals surface area contributed by atoms with Crippen LogP contribution in [0.3, 0.4) is 0 Å². The molecular weight excluding hydrogens is 697 g/mol. The number of anilines is 3. The first-order chi connectivity index (χ1) is 28.2. The fourth-order valence-electron chi connectivity index (χ4n) is 9.41. The quantitative estimate of drug-likeness (QED) is 0.191. The van der Waals surface area contributed by atoms with E-state index >= 15 is 0 Å². The van der Waals surface area contributed by atoms with Crippen LogP contribution in [0.4, 0.5) is 17.1 Å². The summed E-state index contributed by atoms with van der Waals surface area (Å²) in [5.41, 5.74) is 16.1. The Balaban J connectivity index is 0.914. The molecule has 0 saturated carbocycles. The summed E-state index contributed by atoms with van der Waals surface area (Å²) in [4.78, 5) is 2.47. The number of aryl methyl sites for hydroxylation is 1. The average molecular weight is 735 g/mol. The lowest BCUT2D eigenvalue weighted by molar-refractivity contribution is 0.547. The summed E-state index contributed by atoms with van der Waals surface area (Å²) in [6, 6.07) is 52.7. The van der Waals surface area contributed by atoms with Gasteiger partial charge in [-0.2, -0.15) is 0 Å². The van der Waals surface area contributed by atoms with Crippen molar-refractivity contribution in [1.82, 2.24) is 0 Å². The van der Waals surface area contributed by atoms with Crippen LogP contribution in [0, 0.1) is 0 Å². The van der Waals surface area contributed by atoms with E-state index in [4.69, 9.17) is 8.83 Å². The maximum Gasteiger partial charge on any atom is 0.147 e. The second-order valence-corrected chi connectivity index (χ2v) is 15.5. The standard InChI is InChI=1S/C53H38N2O2/c1-2-11-33(12-3-1)34-21-23-35(24-22-34)53-54-46-17-6-7-18-47(46)55(53)41-14-10-13-36(31-41)37-25-26-39-30-40(28-27-38(39)29-37)44-32-45-42-15-4-8-19-48(42)56-52(45)50-43-16-5-9-20-49(43)57-51(44)50/h1-8,10-19,21,23,25-32,53-54H,9,20,22,24H2. The number of rotatable bonds is 5. The van der Waals surface area contributed by atoms with E-state index in [9.17, 15) is 0 Å². The van der Waals surface area contributed by atoms with Crippen molar-refractivity contribution >= 4 is 72.4 Å². The van der Waals surface area contributed by atoms with Gasteiger partial charge in [0.15, 0.2) is 0 Å². The van der Waals surface area contributed by atoms with Crippen molar-refractivity contribution in [3.05, 3.63) is 186 Å². The second-order valence-electron chi connectivity index (χ2n) is 15.5. The predicted octanol–water partition coefficient (Wildman–Crippen LogP) is 14.5. The van der Waals surface area contributed by atoms with Crippen LogP contribution in [0.2, 0.25) is 0 Å². The molecule has 1 atom stereocenters. The van der Waals surface area contributed by atoms with Crippen LogP contribution in [0.1, 0.15) is 36.1 Å². The Bertz CT molecular complexity index is 3180. The third-order valence-corrected chi connectivity index (χ3v) is 12.2. The monoisotopic (exact) mass is 734 g/mol. The molecule has 0 radical (unpaired) electrons. The molecule has 272 valence electrons. The Morgan fingerprint density at radius 3 is 2.26 bits per heavy atom. The summed E-state index contributed by atoms with van der Waals surface area (Å²) in [7, 11) is 0. The third-order valence-electron chi connectivity index (χ3n) is 12.2. The zero-order valence-electron chi connectivity index (χ0n) is 31.3. The highest BCUT2D eigenvalue weighted by Gasteiger charge is 2.33. The number of hydrogen-bond acceptors (Lipinski definition) is 4. The topological polar surface area (TPSA) is 41.6 Å². The minimum atomic E-state index is 0.0442. The zero-order valence-corrected chi connectivity index (χ0v) is 31.3. The summed E-state index contributed by atoms with van der Waals surface area (Å²) in [6.45, 7) is 0. The molecule has 4 nitrogen and oxygen atoms in total. The van der Waals surface area contributed by atoms with Crippen molar-refractivity contribution in [2.24, 2.45) is 0 Å². The molecule has 2 aliphatic carbocycles. The van der Waals surface area contributed by atoms with Crippen LogP contribution < -0.4 is 10.2 Å². The van der Waals surface area contributed by atoms with Crippen LogP contribution >= 0.6 is 0 Å². The number of allylic oxidation sites excluding steroid dienone is 4. The SMILES string of the molecule is C1=Cc2c(oc3c(-c4ccc5cc(-c6cccc(N7c8ccccc8NC7C7=CC=C(c8ccccc8)CC7)c6)ccc5c4)cc4c5ccccc5oc4c23)CC1. The van der Waals surface area contributed by atoms with Gasteiger partial charge in [0, 0.05) is 34.0 Å². The van der Waals surface area contributed by atoms with Gasteiger partial charge in [-0.3, -0.25) is 0 Å². The third kappa shape index (κ3) is 5.21. The van der Waals surface area contributed by atoms with Crippen molar-refractivity contribution in [3.63, 3.8) is 0 Å². The maximum absolute atomic E-state index is 6.69. The normalized spacial score (nSPS) is 16.2. The number of benzene rings is 7. The Morgan fingerprint density at radius 1 is 0.579 bits per heavy atom. The Hall–Kier alpha value is -7.04. The van der Waals surface area contributed by atoms with E-state index < -0.39 is 0 Å². The number of nitrogens with one attached hydrogen (secondary N) is 1. The van der Waals surface area contributed by atoms with E-state index in [-0.39, 0.29) is 6.17 Å². The van der Waals surface area contributed by atoms with E-state index in [1.165, 1.54) is 50.0 Å². The van der Waals surface area contributed by atoms with Gasteiger partial charge in [-0.15, -0.1) is 0 Å².